The predicted molar refractivity (Wildman–Crippen MR) is 175 cm³/mol. The third-order valence-corrected chi connectivity index (χ3v) is 8.75. The molecule has 0 unspecified atom stereocenters. The molecule has 0 spiro atoms. The normalized spacial score (nSPS) is 18.0. The number of carbonyl (C=O) groups is 2. The lowest BCUT2D eigenvalue weighted by atomic mass is 9.87. The average molecular weight is 751 g/mol. The van der Waals surface area contributed by atoms with E-state index in [1.165, 1.54) is 12.0 Å². The van der Waals surface area contributed by atoms with Gasteiger partial charge in [-0.25, -0.2) is 0 Å². The maximum absolute atomic E-state index is 14.3. The molecule has 1 aromatic heterocycles. The van der Waals surface area contributed by atoms with Crippen molar-refractivity contribution >= 4 is 68.6 Å². The first kappa shape index (κ1) is 32.1. The van der Waals surface area contributed by atoms with Crippen LogP contribution in [0.5, 0.6) is 11.5 Å². The van der Waals surface area contributed by atoms with Gasteiger partial charge < -0.3 is 34.3 Å². The fraction of sp³-hybridized carbons (Fsp3) is 0.250. The molecular formula is C32H29Cl2IN2O7. The van der Waals surface area contributed by atoms with E-state index in [-0.39, 0.29) is 37.5 Å². The molecule has 2 amide bonds. The molecule has 5 rings (SSSR count). The molecule has 3 aromatic carbocycles. The lowest BCUT2D eigenvalue weighted by Gasteiger charge is -2.40. The van der Waals surface area contributed by atoms with Gasteiger partial charge >= 0.3 is 0 Å². The number of nitrogens with zero attached hydrogens (tertiary/aromatic N) is 1. The molecule has 1 aliphatic rings. The minimum Gasteiger partial charge on any atom is -0.493 e. The molecular weight excluding hydrogens is 722 g/mol. The molecule has 1 heterocycles. The Bertz CT molecular complexity index is 1710. The van der Waals surface area contributed by atoms with Crippen LogP contribution in [0.15, 0.2) is 82.8 Å². The van der Waals surface area contributed by atoms with Gasteiger partial charge in [0.05, 0.1) is 23.3 Å². The Labute approximate surface area is 277 Å². The summed E-state index contributed by atoms with van der Waals surface area (Å²) in [4.78, 5) is 28.9. The van der Waals surface area contributed by atoms with Crippen LogP contribution in [0.4, 0.5) is 0 Å². The maximum Gasteiger partial charge on any atom is 0.290 e. The van der Waals surface area contributed by atoms with Crippen molar-refractivity contribution in [2.75, 3.05) is 20.3 Å². The van der Waals surface area contributed by atoms with Gasteiger partial charge in [-0.2, -0.15) is 0 Å². The Hall–Kier alpha value is -3.29. The van der Waals surface area contributed by atoms with Crippen LogP contribution in [0.25, 0.3) is 11.0 Å². The predicted octanol–water partition coefficient (Wildman–Crippen LogP) is 5.61. The number of halogens is 3. The summed E-state index contributed by atoms with van der Waals surface area (Å²) in [7, 11) is 1.51. The molecule has 0 aliphatic heterocycles. The summed E-state index contributed by atoms with van der Waals surface area (Å²) < 4.78 is 18.5. The number of benzene rings is 3. The smallest absolute Gasteiger partial charge is 0.290 e. The number of rotatable bonds is 10. The van der Waals surface area contributed by atoms with E-state index >= 15 is 0 Å². The van der Waals surface area contributed by atoms with E-state index in [0.29, 0.717) is 38.1 Å². The molecule has 0 radical (unpaired) electrons. The van der Waals surface area contributed by atoms with E-state index in [4.69, 9.17) is 37.1 Å². The van der Waals surface area contributed by atoms with Crippen molar-refractivity contribution < 1.29 is 33.7 Å². The SMILES string of the molecule is COc1cccc2cc(C(=O)N(Cc3ccc(Cl)cc3Cl)[C@@H]3CC(C(=O)NCCO)=C[C@H](Oc4ccccc4I)[C@H]3O)oc12. The molecule has 0 bridgehead atoms. The Morgan fingerprint density at radius 1 is 1.09 bits per heavy atom. The first-order chi connectivity index (χ1) is 21.2. The molecule has 0 fully saturated rings. The summed E-state index contributed by atoms with van der Waals surface area (Å²) in [6.07, 6.45) is -0.702. The summed E-state index contributed by atoms with van der Waals surface area (Å²) in [5, 5.41) is 25.2. The lowest BCUT2D eigenvalue weighted by Crippen LogP contribution is -2.54. The highest BCUT2D eigenvalue weighted by molar-refractivity contribution is 14.1. The largest absolute Gasteiger partial charge is 0.493 e. The fourth-order valence-electron chi connectivity index (χ4n) is 5.08. The molecule has 44 heavy (non-hydrogen) atoms. The van der Waals surface area contributed by atoms with Gasteiger partial charge in [-0.15, -0.1) is 0 Å². The number of methoxy groups -OCH3 is 1. The molecule has 0 saturated carbocycles. The van der Waals surface area contributed by atoms with Gasteiger partial charge in [-0.3, -0.25) is 9.59 Å². The number of ether oxygens (including phenoxy) is 2. The second-order valence-electron chi connectivity index (χ2n) is 10.1. The van der Waals surface area contributed by atoms with E-state index in [1.54, 1.807) is 60.7 Å². The van der Waals surface area contributed by atoms with Crippen LogP contribution in [0.2, 0.25) is 10.0 Å². The van der Waals surface area contributed by atoms with Crippen molar-refractivity contribution in [2.45, 2.75) is 31.2 Å². The maximum atomic E-state index is 14.3. The first-order valence-corrected chi connectivity index (χ1v) is 15.5. The van der Waals surface area contributed by atoms with Crippen LogP contribution in [0.1, 0.15) is 22.5 Å². The number of para-hydroxylation sites is 2. The van der Waals surface area contributed by atoms with E-state index in [9.17, 15) is 19.8 Å². The Morgan fingerprint density at radius 3 is 2.59 bits per heavy atom. The zero-order valence-corrected chi connectivity index (χ0v) is 27.2. The highest BCUT2D eigenvalue weighted by Crippen LogP contribution is 2.34. The number of amides is 2. The fourth-order valence-corrected chi connectivity index (χ4v) is 6.07. The monoisotopic (exact) mass is 750 g/mol. The summed E-state index contributed by atoms with van der Waals surface area (Å²) in [6.45, 7) is -0.246. The van der Waals surface area contributed by atoms with Gasteiger partial charge in [0, 0.05) is 40.5 Å². The second kappa shape index (κ2) is 14.2. The Balaban J connectivity index is 1.58. The summed E-state index contributed by atoms with van der Waals surface area (Å²) in [6, 6.07) is 18.2. The average Bonchev–Trinajstić information content (AvgIpc) is 3.46. The van der Waals surface area contributed by atoms with Crippen LogP contribution in [-0.4, -0.2) is 65.4 Å². The van der Waals surface area contributed by atoms with Crippen LogP contribution in [-0.2, 0) is 11.3 Å². The van der Waals surface area contributed by atoms with Gasteiger partial charge in [0.15, 0.2) is 17.1 Å². The molecule has 230 valence electrons. The summed E-state index contributed by atoms with van der Waals surface area (Å²) >= 11 is 14.8. The van der Waals surface area contributed by atoms with Crippen molar-refractivity contribution in [1.82, 2.24) is 10.2 Å². The van der Waals surface area contributed by atoms with E-state index in [0.717, 1.165) is 3.57 Å². The quantitative estimate of drug-likeness (QED) is 0.180. The number of aliphatic hydroxyl groups excluding tert-OH is 2. The summed E-state index contributed by atoms with van der Waals surface area (Å²) in [5.74, 6) is -0.00537. The number of furan rings is 1. The van der Waals surface area contributed by atoms with Gasteiger partial charge in [0.1, 0.15) is 18.0 Å². The molecule has 9 nitrogen and oxygen atoms in total. The van der Waals surface area contributed by atoms with Crippen LogP contribution in [0.3, 0.4) is 0 Å². The van der Waals surface area contributed by atoms with Gasteiger partial charge in [-0.05, 0) is 70.6 Å². The first-order valence-electron chi connectivity index (χ1n) is 13.7. The van der Waals surface area contributed by atoms with Gasteiger partial charge in [-0.1, -0.05) is 53.5 Å². The number of hydrogen-bond donors (Lipinski definition) is 3. The number of nitrogens with one attached hydrogen (secondary N) is 1. The Morgan fingerprint density at radius 2 is 1.86 bits per heavy atom. The third-order valence-electron chi connectivity index (χ3n) is 7.27. The van der Waals surface area contributed by atoms with E-state index in [2.05, 4.69) is 27.9 Å². The zero-order chi connectivity index (χ0) is 31.4. The highest BCUT2D eigenvalue weighted by atomic mass is 127. The molecule has 12 heteroatoms. The standard InChI is InChI=1S/C32H29Cl2IN2O7/c1-42-26-8-4-5-18-14-28(44-30(18)26)32(41)37(17-19-9-10-21(33)16-22(19)34)24-13-20(31(40)36-11-12-38)15-27(29(24)39)43-25-7-3-2-6-23(25)35/h2-10,14-16,24,27,29,38-39H,11-13,17H2,1H3,(H,36,40)/t24-,27+,29+/m1/s1. The van der Waals surface area contributed by atoms with Crippen LogP contribution >= 0.6 is 45.8 Å². The third kappa shape index (κ3) is 7.00. The lowest BCUT2D eigenvalue weighted by molar-refractivity contribution is -0.118. The number of carbonyl (C=O) groups excluding carboxylic acids is 2. The van der Waals surface area contributed by atoms with Crippen molar-refractivity contribution in [1.29, 1.82) is 0 Å². The second-order valence-corrected chi connectivity index (χ2v) is 12.1. The van der Waals surface area contributed by atoms with Crippen molar-refractivity contribution in [3.8, 4) is 11.5 Å². The van der Waals surface area contributed by atoms with Crippen LogP contribution < -0.4 is 14.8 Å². The van der Waals surface area contributed by atoms with Gasteiger partial charge in [0.2, 0.25) is 5.91 Å². The molecule has 4 aromatic rings. The molecule has 3 N–H and O–H groups in total. The highest BCUT2D eigenvalue weighted by Gasteiger charge is 2.41. The molecule has 3 atom stereocenters. The van der Waals surface area contributed by atoms with Crippen molar-refractivity contribution in [3.05, 3.63) is 103 Å². The molecule has 0 saturated heterocycles. The molecule has 1 aliphatic carbocycles. The minimum absolute atomic E-state index is 0.00926. The minimum atomic E-state index is -1.26. The number of fused-ring (bicyclic) bond motifs is 1. The van der Waals surface area contributed by atoms with Crippen molar-refractivity contribution in [3.63, 3.8) is 0 Å². The number of hydrogen-bond acceptors (Lipinski definition) is 7. The van der Waals surface area contributed by atoms with E-state index < -0.39 is 30.1 Å². The van der Waals surface area contributed by atoms with Gasteiger partial charge in [0.25, 0.3) is 5.91 Å². The summed E-state index contributed by atoms with van der Waals surface area (Å²) in [5.41, 5.74) is 1.26. The van der Waals surface area contributed by atoms with Crippen LogP contribution in [0, 0.1) is 3.57 Å². The van der Waals surface area contributed by atoms with E-state index in [1.807, 2.05) is 12.1 Å². The Kier molecular flexibility index (Phi) is 10.4. The topological polar surface area (TPSA) is 121 Å². The van der Waals surface area contributed by atoms with Crippen molar-refractivity contribution in [2.24, 2.45) is 0 Å². The number of aliphatic hydroxyl groups is 2. The zero-order valence-electron chi connectivity index (χ0n) is 23.5.